The molecule has 142 valence electrons. The Morgan fingerprint density at radius 1 is 1.30 bits per heavy atom. The molecule has 0 radical (unpaired) electrons. The van der Waals surface area contributed by atoms with E-state index in [9.17, 15) is 14.3 Å². The first-order valence-electron chi connectivity index (χ1n) is 9.57. The number of aromatic nitrogens is 1. The molecule has 0 saturated heterocycles. The third kappa shape index (κ3) is 4.06. The predicted octanol–water partition coefficient (Wildman–Crippen LogP) is 4.36. The monoisotopic (exact) mass is 382 g/mol. The highest BCUT2D eigenvalue weighted by Crippen LogP contribution is 2.37. The molecule has 0 spiro atoms. The molecule has 0 bridgehead atoms. The fourth-order valence-corrected chi connectivity index (χ4v) is 5.31. The van der Waals surface area contributed by atoms with Crippen LogP contribution in [0.3, 0.4) is 0 Å². The van der Waals surface area contributed by atoms with Gasteiger partial charge in [-0.2, -0.15) is 5.26 Å². The lowest BCUT2D eigenvalue weighted by molar-refractivity contribution is 0.673. The molecule has 1 aromatic heterocycles. The Morgan fingerprint density at radius 2 is 2.00 bits per heavy atom. The SMILES string of the molecule is CCc1[nH]c(=O)c(C(C)C)c(S(=O)c2cc(C)cc(C#N)c2)c1CC1CC1. The zero-order valence-electron chi connectivity index (χ0n) is 16.4. The van der Waals surface area contributed by atoms with Gasteiger partial charge in [-0.3, -0.25) is 4.79 Å². The Labute approximate surface area is 163 Å². The van der Waals surface area contributed by atoms with Crippen LogP contribution in [-0.2, 0) is 23.6 Å². The molecular formula is C22H26N2O2S. The molecule has 1 unspecified atom stereocenters. The van der Waals surface area contributed by atoms with Crippen LogP contribution in [0.15, 0.2) is 32.8 Å². The van der Waals surface area contributed by atoms with Crippen LogP contribution in [0.5, 0.6) is 0 Å². The van der Waals surface area contributed by atoms with E-state index in [1.807, 2.05) is 33.8 Å². The fraction of sp³-hybridized carbons (Fsp3) is 0.455. The smallest absolute Gasteiger partial charge is 0.252 e. The van der Waals surface area contributed by atoms with Crippen molar-refractivity contribution < 1.29 is 4.21 Å². The first-order chi connectivity index (χ1) is 12.8. The minimum atomic E-state index is -1.49. The number of nitriles is 1. The van der Waals surface area contributed by atoms with Crippen molar-refractivity contribution in [3.05, 3.63) is 56.5 Å². The van der Waals surface area contributed by atoms with Crippen molar-refractivity contribution in [1.29, 1.82) is 5.26 Å². The number of hydrogen-bond acceptors (Lipinski definition) is 3. The predicted molar refractivity (Wildman–Crippen MR) is 108 cm³/mol. The summed E-state index contributed by atoms with van der Waals surface area (Å²) in [6.45, 7) is 7.85. The summed E-state index contributed by atoms with van der Waals surface area (Å²) in [6.07, 6.45) is 3.94. The number of aryl methyl sites for hydroxylation is 2. The summed E-state index contributed by atoms with van der Waals surface area (Å²) in [7, 11) is -1.49. The van der Waals surface area contributed by atoms with Crippen molar-refractivity contribution in [3.8, 4) is 6.07 Å². The highest BCUT2D eigenvalue weighted by molar-refractivity contribution is 7.85. The van der Waals surface area contributed by atoms with Crippen molar-refractivity contribution in [1.82, 2.24) is 4.98 Å². The molecule has 1 aliphatic carbocycles. The van der Waals surface area contributed by atoms with Gasteiger partial charge in [-0.05, 0) is 73.8 Å². The number of rotatable bonds is 6. The molecule has 1 aliphatic rings. The maximum Gasteiger partial charge on any atom is 0.252 e. The Balaban J connectivity index is 2.27. The second-order valence-corrected chi connectivity index (χ2v) is 9.14. The summed E-state index contributed by atoms with van der Waals surface area (Å²) in [5, 5.41) is 9.29. The van der Waals surface area contributed by atoms with E-state index in [4.69, 9.17) is 0 Å². The highest BCUT2D eigenvalue weighted by Gasteiger charge is 2.29. The van der Waals surface area contributed by atoms with E-state index in [0.717, 1.165) is 23.2 Å². The number of benzene rings is 1. The Bertz CT molecular complexity index is 995. The van der Waals surface area contributed by atoms with Crippen LogP contribution in [0.2, 0.25) is 0 Å². The Morgan fingerprint density at radius 3 is 2.56 bits per heavy atom. The lowest BCUT2D eigenvalue weighted by atomic mass is 9.97. The van der Waals surface area contributed by atoms with Crippen LogP contribution in [0.4, 0.5) is 0 Å². The molecule has 2 aromatic rings. The molecule has 1 heterocycles. The van der Waals surface area contributed by atoms with Gasteiger partial charge in [0.25, 0.3) is 5.56 Å². The van der Waals surface area contributed by atoms with Crippen molar-refractivity contribution in [2.45, 2.75) is 69.1 Å². The van der Waals surface area contributed by atoms with E-state index in [1.54, 1.807) is 12.1 Å². The van der Waals surface area contributed by atoms with E-state index in [2.05, 4.69) is 11.1 Å². The largest absolute Gasteiger partial charge is 0.326 e. The summed E-state index contributed by atoms with van der Waals surface area (Å²) in [4.78, 5) is 17.1. The maximum absolute atomic E-state index is 13.7. The van der Waals surface area contributed by atoms with Gasteiger partial charge in [-0.15, -0.1) is 0 Å². The average Bonchev–Trinajstić information content (AvgIpc) is 3.44. The number of nitrogens with one attached hydrogen (secondary N) is 1. The van der Waals surface area contributed by atoms with Crippen molar-refractivity contribution >= 4 is 10.8 Å². The molecule has 0 amide bonds. The molecule has 1 N–H and O–H groups in total. The van der Waals surface area contributed by atoms with Crippen LogP contribution in [0.25, 0.3) is 0 Å². The van der Waals surface area contributed by atoms with Gasteiger partial charge in [0.1, 0.15) is 0 Å². The summed E-state index contributed by atoms with van der Waals surface area (Å²) in [6, 6.07) is 7.46. The quantitative estimate of drug-likeness (QED) is 0.807. The first-order valence-corrected chi connectivity index (χ1v) is 10.7. The lowest BCUT2D eigenvalue weighted by Crippen LogP contribution is -2.23. The molecule has 3 rings (SSSR count). The second kappa shape index (κ2) is 7.82. The van der Waals surface area contributed by atoms with Crippen LogP contribution >= 0.6 is 0 Å². The summed E-state index contributed by atoms with van der Waals surface area (Å²) < 4.78 is 13.7. The van der Waals surface area contributed by atoms with Gasteiger partial charge in [0.05, 0.1) is 27.3 Å². The first kappa shape index (κ1) is 19.6. The molecule has 5 heteroatoms. The third-order valence-corrected chi connectivity index (χ3v) is 6.59. The minimum Gasteiger partial charge on any atom is -0.326 e. The van der Waals surface area contributed by atoms with E-state index in [0.29, 0.717) is 33.3 Å². The molecule has 1 fully saturated rings. The zero-order chi connectivity index (χ0) is 19.7. The van der Waals surface area contributed by atoms with Gasteiger partial charge in [0, 0.05) is 16.2 Å². The standard InChI is InChI=1S/C22H26N2O2S/c1-5-19-18(11-15-6-7-15)21(20(13(2)3)22(25)24-19)27(26)17-9-14(4)8-16(10-17)12-23/h8-10,13,15H,5-7,11H2,1-4H3,(H,24,25). The van der Waals surface area contributed by atoms with E-state index in [-0.39, 0.29) is 11.5 Å². The van der Waals surface area contributed by atoms with Gasteiger partial charge in [-0.25, -0.2) is 4.21 Å². The van der Waals surface area contributed by atoms with Crippen LogP contribution in [0, 0.1) is 24.2 Å². The molecule has 1 saturated carbocycles. The highest BCUT2D eigenvalue weighted by atomic mass is 32.2. The Kier molecular flexibility index (Phi) is 5.67. The van der Waals surface area contributed by atoms with Gasteiger partial charge < -0.3 is 4.98 Å². The number of aromatic amines is 1. The van der Waals surface area contributed by atoms with Crippen molar-refractivity contribution in [3.63, 3.8) is 0 Å². The topological polar surface area (TPSA) is 73.7 Å². The molecule has 1 aromatic carbocycles. The average molecular weight is 383 g/mol. The second-order valence-electron chi connectivity index (χ2n) is 7.73. The zero-order valence-corrected chi connectivity index (χ0v) is 17.2. The van der Waals surface area contributed by atoms with Crippen LogP contribution in [-0.4, -0.2) is 9.19 Å². The summed E-state index contributed by atoms with van der Waals surface area (Å²) in [5.74, 6) is 0.584. The lowest BCUT2D eigenvalue weighted by Gasteiger charge is -2.19. The normalized spacial score (nSPS) is 15.0. The van der Waals surface area contributed by atoms with Gasteiger partial charge in [0.15, 0.2) is 0 Å². The molecule has 1 atom stereocenters. The summed E-state index contributed by atoms with van der Waals surface area (Å²) >= 11 is 0. The minimum absolute atomic E-state index is 0.0307. The molecule has 0 aliphatic heterocycles. The summed E-state index contributed by atoms with van der Waals surface area (Å²) in [5.41, 5.74) is 3.80. The molecular weight excluding hydrogens is 356 g/mol. The number of pyridine rings is 1. The third-order valence-electron chi connectivity index (χ3n) is 5.09. The molecule has 27 heavy (non-hydrogen) atoms. The van der Waals surface area contributed by atoms with Crippen LogP contribution < -0.4 is 5.56 Å². The maximum atomic E-state index is 13.7. The van der Waals surface area contributed by atoms with Gasteiger partial charge in [0.2, 0.25) is 0 Å². The van der Waals surface area contributed by atoms with E-state index >= 15 is 0 Å². The van der Waals surface area contributed by atoms with Gasteiger partial charge >= 0.3 is 0 Å². The number of hydrogen-bond donors (Lipinski definition) is 1. The number of H-pyrrole nitrogens is 1. The van der Waals surface area contributed by atoms with E-state index in [1.165, 1.54) is 12.8 Å². The van der Waals surface area contributed by atoms with Crippen molar-refractivity contribution in [2.24, 2.45) is 5.92 Å². The van der Waals surface area contributed by atoms with E-state index < -0.39 is 10.8 Å². The van der Waals surface area contributed by atoms with Gasteiger partial charge in [-0.1, -0.05) is 20.8 Å². The molecule has 4 nitrogen and oxygen atoms in total. The van der Waals surface area contributed by atoms with Crippen molar-refractivity contribution in [2.75, 3.05) is 0 Å². The fourth-order valence-electron chi connectivity index (χ4n) is 3.58. The van der Waals surface area contributed by atoms with Crippen LogP contribution in [0.1, 0.15) is 67.5 Å². The number of nitrogens with zero attached hydrogens (tertiary/aromatic N) is 1. The Hall–Kier alpha value is -2.19.